The second kappa shape index (κ2) is 5.76. The zero-order valence-electron chi connectivity index (χ0n) is 11.7. The Morgan fingerprint density at radius 2 is 1.89 bits per heavy atom. The molecule has 3 aliphatic rings. The van der Waals surface area contributed by atoms with Gasteiger partial charge in [-0.05, 0) is 56.9 Å². The molecule has 0 aromatic carbocycles. The molecule has 2 heterocycles. The summed E-state index contributed by atoms with van der Waals surface area (Å²) in [5.41, 5.74) is 1.44. The highest BCUT2D eigenvalue weighted by molar-refractivity contribution is 5.90. The smallest absolute Gasteiger partial charge is 0.155 e. The lowest BCUT2D eigenvalue weighted by Gasteiger charge is -2.44. The van der Waals surface area contributed by atoms with Gasteiger partial charge < -0.3 is 9.47 Å². The van der Waals surface area contributed by atoms with Gasteiger partial charge in [0.15, 0.2) is 5.78 Å². The Kier molecular flexibility index (Phi) is 4.04. The Bertz CT molecular complexity index is 361. The number of rotatable bonds is 1. The van der Waals surface area contributed by atoms with Crippen molar-refractivity contribution in [2.75, 3.05) is 19.8 Å². The standard InChI is InChI=1S/C16H24O3/c17-15-4-2-1-3-13(11-15)14-5-8-19-16(12-14)6-9-18-10-7-16/h11,14H,1-10,12H2. The van der Waals surface area contributed by atoms with E-state index in [1.54, 1.807) is 0 Å². The molecule has 0 aromatic rings. The van der Waals surface area contributed by atoms with E-state index in [0.717, 1.165) is 64.8 Å². The highest BCUT2D eigenvalue weighted by Gasteiger charge is 2.39. The van der Waals surface area contributed by atoms with Crippen molar-refractivity contribution < 1.29 is 14.3 Å². The zero-order chi connectivity index (χ0) is 13.1. The minimum atomic E-state index is 0.0390. The maximum Gasteiger partial charge on any atom is 0.155 e. The first-order chi connectivity index (χ1) is 9.27. The van der Waals surface area contributed by atoms with Gasteiger partial charge in [0.1, 0.15) is 0 Å². The minimum absolute atomic E-state index is 0.0390. The van der Waals surface area contributed by atoms with E-state index < -0.39 is 0 Å². The van der Waals surface area contributed by atoms with Gasteiger partial charge in [-0.2, -0.15) is 0 Å². The number of allylic oxidation sites excluding steroid dienone is 2. The van der Waals surface area contributed by atoms with Gasteiger partial charge in [-0.1, -0.05) is 5.57 Å². The summed E-state index contributed by atoms with van der Waals surface area (Å²) in [6.07, 6.45) is 10.3. The lowest BCUT2D eigenvalue weighted by molar-refractivity contribution is -0.143. The third-order valence-electron chi connectivity index (χ3n) is 4.91. The molecular formula is C16H24O3. The average Bonchev–Trinajstić information content (AvgIpc) is 2.64. The van der Waals surface area contributed by atoms with E-state index in [2.05, 4.69) is 0 Å². The van der Waals surface area contributed by atoms with Crippen molar-refractivity contribution in [3.63, 3.8) is 0 Å². The van der Waals surface area contributed by atoms with Crippen LogP contribution in [0.1, 0.15) is 51.4 Å². The van der Waals surface area contributed by atoms with Crippen LogP contribution in [0.15, 0.2) is 11.6 Å². The van der Waals surface area contributed by atoms with Crippen LogP contribution in [-0.2, 0) is 14.3 Å². The van der Waals surface area contributed by atoms with Crippen LogP contribution < -0.4 is 0 Å². The molecule has 3 rings (SSSR count). The van der Waals surface area contributed by atoms with E-state index in [4.69, 9.17) is 9.47 Å². The van der Waals surface area contributed by atoms with E-state index in [1.807, 2.05) is 6.08 Å². The molecule has 0 N–H and O–H groups in total. The zero-order valence-corrected chi connectivity index (χ0v) is 11.7. The lowest BCUT2D eigenvalue weighted by Crippen LogP contribution is -2.44. The highest BCUT2D eigenvalue weighted by atomic mass is 16.5. The molecule has 0 saturated carbocycles. The van der Waals surface area contributed by atoms with Crippen LogP contribution in [0.3, 0.4) is 0 Å². The summed E-state index contributed by atoms with van der Waals surface area (Å²) in [7, 11) is 0. The molecule has 0 aromatic heterocycles. The van der Waals surface area contributed by atoms with Crippen LogP contribution in [0.5, 0.6) is 0 Å². The number of carbonyl (C=O) groups is 1. The summed E-state index contributed by atoms with van der Waals surface area (Å²) in [5.74, 6) is 0.897. The van der Waals surface area contributed by atoms with Gasteiger partial charge >= 0.3 is 0 Å². The van der Waals surface area contributed by atoms with Crippen LogP contribution in [0.4, 0.5) is 0 Å². The average molecular weight is 264 g/mol. The van der Waals surface area contributed by atoms with Gasteiger partial charge in [-0.3, -0.25) is 4.79 Å². The van der Waals surface area contributed by atoms with E-state index in [1.165, 1.54) is 12.0 Å². The number of carbonyl (C=O) groups excluding carboxylic acids is 1. The van der Waals surface area contributed by atoms with Crippen molar-refractivity contribution in [3.8, 4) is 0 Å². The van der Waals surface area contributed by atoms with Crippen LogP contribution in [0.2, 0.25) is 0 Å². The summed E-state index contributed by atoms with van der Waals surface area (Å²) in [6.45, 7) is 2.49. The lowest BCUT2D eigenvalue weighted by atomic mass is 9.77. The van der Waals surface area contributed by atoms with Crippen molar-refractivity contribution in [2.45, 2.75) is 57.0 Å². The van der Waals surface area contributed by atoms with Crippen molar-refractivity contribution in [3.05, 3.63) is 11.6 Å². The Labute approximate surface area is 115 Å². The summed E-state index contributed by atoms with van der Waals surface area (Å²) < 4.78 is 11.6. The Hall–Kier alpha value is -0.670. The molecule has 3 nitrogen and oxygen atoms in total. The van der Waals surface area contributed by atoms with Crippen molar-refractivity contribution in [1.82, 2.24) is 0 Å². The van der Waals surface area contributed by atoms with E-state index in [-0.39, 0.29) is 5.60 Å². The molecule has 0 amide bonds. The van der Waals surface area contributed by atoms with E-state index >= 15 is 0 Å². The van der Waals surface area contributed by atoms with Gasteiger partial charge in [-0.15, -0.1) is 0 Å². The maximum atomic E-state index is 11.8. The first kappa shape index (κ1) is 13.3. The molecule has 0 bridgehead atoms. The predicted molar refractivity (Wildman–Crippen MR) is 73.0 cm³/mol. The van der Waals surface area contributed by atoms with E-state index in [0.29, 0.717) is 11.7 Å². The van der Waals surface area contributed by atoms with Crippen LogP contribution in [0.25, 0.3) is 0 Å². The SMILES string of the molecule is O=C1C=C(C2CCOC3(CCOCC3)C2)CCCC1. The Morgan fingerprint density at radius 1 is 1.11 bits per heavy atom. The number of ether oxygens (including phenoxy) is 2. The fourth-order valence-corrected chi connectivity index (χ4v) is 3.74. The second-order valence-corrected chi connectivity index (χ2v) is 6.23. The van der Waals surface area contributed by atoms with Crippen molar-refractivity contribution in [1.29, 1.82) is 0 Å². The molecule has 2 saturated heterocycles. The third-order valence-corrected chi connectivity index (χ3v) is 4.91. The number of ketones is 1. The van der Waals surface area contributed by atoms with Crippen molar-refractivity contribution in [2.24, 2.45) is 5.92 Å². The fourth-order valence-electron chi connectivity index (χ4n) is 3.74. The summed E-state index contributed by atoms with van der Waals surface area (Å²) in [5, 5.41) is 0. The summed E-state index contributed by atoms with van der Waals surface area (Å²) >= 11 is 0. The summed E-state index contributed by atoms with van der Waals surface area (Å²) in [6, 6.07) is 0. The van der Waals surface area contributed by atoms with Crippen LogP contribution >= 0.6 is 0 Å². The molecule has 1 unspecified atom stereocenters. The first-order valence-electron chi connectivity index (χ1n) is 7.72. The quantitative estimate of drug-likeness (QED) is 0.730. The van der Waals surface area contributed by atoms with Gasteiger partial charge in [0.25, 0.3) is 0 Å². The second-order valence-electron chi connectivity index (χ2n) is 6.23. The fraction of sp³-hybridized carbons (Fsp3) is 0.812. The number of hydrogen-bond acceptors (Lipinski definition) is 3. The van der Waals surface area contributed by atoms with Crippen LogP contribution in [-0.4, -0.2) is 31.2 Å². The first-order valence-corrected chi connectivity index (χ1v) is 7.72. The molecule has 2 aliphatic heterocycles. The maximum absolute atomic E-state index is 11.8. The normalized spacial score (nSPS) is 31.9. The van der Waals surface area contributed by atoms with Gasteiger partial charge in [-0.25, -0.2) is 0 Å². The molecular weight excluding hydrogens is 240 g/mol. The van der Waals surface area contributed by atoms with Gasteiger partial charge in [0.2, 0.25) is 0 Å². The summed E-state index contributed by atoms with van der Waals surface area (Å²) in [4.78, 5) is 11.8. The molecule has 106 valence electrons. The van der Waals surface area contributed by atoms with Gasteiger partial charge in [0, 0.05) is 26.2 Å². The Morgan fingerprint density at radius 3 is 2.74 bits per heavy atom. The molecule has 1 aliphatic carbocycles. The van der Waals surface area contributed by atoms with Crippen LogP contribution in [0, 0.1) is 5.92 Å². The largest absolute Gasteiger partial charge is 0.381 e. The third kappa shape index (κ3) is 3.09. The van der Waals surface area contributed by atoms with Gasteiger partial charge in [0.05, 0.1) is 5.60 Å². The monoisotopic (exact) mass is 264 g/mol. The van der Waals surface area contributed by atoms with Crippen molar-refractivity contribution >= 4 is 5.78 Å². The molecule has 1 atom stereocenters. The Balaban J connectivity index is 1.71. The predicted octanol–water partition coefficient (Wildman–Crippen LogP) is 3.03. The molecule has 19 heavy (non-hydrogen) atoms. The van der Waals surface area contributed by atoms with E-state index in [9.17, 15) is 4.79 Å². The number of hydrogen-bond donors (Lipinski definition) is 0. The molecule has 0 radical (unpaired) electrons. The molecule has 1 spiro atoms. The topological polar surface area (TPSA) is 35.5 Å². The highest BCUT2D eigenvalue weighted by Crippen LogP contribution is 2.41. The molecule has 2 fully saturated rings. The molecule has 3 heteroatoms. The minimum Gasteiger partial charge on any atom is -0.381 e.